The molecule has 1 aromatic heterocycles. The Bertz CT molecular complexity index is 282. The number of amides is 1. The Labute approximate surface area is 89.9 Å². The summed E-state index contributed by atoms with van der Waals surface area (Å²) in [6.07, 6.45) is 5.32. The van der Waals surface area contributed by atoms with Crippen molar-refractivity contribution in [2.45, 2.75) is 12.8 Å². The molecule has 1 amide bonds. The summed E-state index contributed by atoms with van der Waals surface area (Å²) in [5, 5.41) is 2.85. The van der Waals surface area contributed by atoms with E-state index in [2.05, 4.69) is 15.3 Å². The molecular weight excluding hydrogens is 192 g/mol. The van der Waals surface area contributed by atoms with Crippen LogP contribution in [0.5, 0.6) is 0 Å². The lowest BCUT2D eigenvalue weighted by Crippen LogP contribution is -2.33. The molecule has 1 rings (SSSR count). The van der Waals surface area contributed by atoms with Gasteiger partial charge < -0.3 is 15.2 Å². The molecule has 0 aromatic carbocycles. The average molecular weight is 210 g/mol. The molecule has 5 nitrogen and oxygen atoms in total. The molecule has 0 radical (unpaired) electrons. The Morgan fingerprint density at radius 1 is 1.60 bits per heavy atom. The molecule has 15 heavy (non-hydrogen) atoms. The van der Waals surface area contributed by atoms with Crippen LogP contribution >= 0.6 is 0 Å². The fraction of sp³-hybridized carbons (Fsp3) is 0.600. The zero-order valence-corrected chi connectivity index (χ0v) is 9.29. The zero-order valence-electron chi connectivity index (χ0n) is 9.29. The topological polar surface area (TPSA) is 61.0 Å². The van der Waals surface area contributed by atoms with Crippen molar-refractivity contribution in [1.29, 1.82) is 0 Å². The van der Waals surface area contributed by atoms with Gasteiger partial charge in [0.15, 0.2) is 0 Å². The van der Waals surface area contributed by atoms with Crippen molar-refractivity contribution in [3.05, 3.63) is 18.2 Å². The number of H-pyrrole nitrogens is 1. The van der Waals surface area contributed by atoms with E-state index in [9.17, 15) is 4.79 Å². The third kappa shape index (κ3) is 5.17. The molecule has 0 aliphatic rings. The number of rotatable bonds is 6. The second-order valence-corrected chi connectivity index (χ2v) is 3.73. The lowest BCUT2D eigenvalue weighted by atomic mass is 10.3. The van der Waals surface area contributed by atoms with Crippen molar-refractivity contribution in [2.75, 3.05) is 27.2 Å². The number of carbonyl (C=O) groups excluding carboxylic acids is 1. The van der Waals surface area contributed by atoms with Gasteiger partial charge in [-0.1, -0.05) is 0 Å². The number of aromatic nitrogens is 2. The summed E-state index contributed by atoms with van der Waals surface area (Å²) < 4.78 is 0. The van der Waals surface area contributed by atoms with Crippen molar-refractivity contribution in [1.82, 2.24) is 20.2 Å². The van der Waals surface area contributed by atoms with Crippen molar-refractivity contribution >= 4 is 5.91 Å². The largest absolute Gasteiger partial charge is 0.355 e. The number of hydrogen-bond donors (Lipinski definition) is 2. The molecule has 84 valence electrons. The molecule has 0 bridgehead atoms. The first-order chi connectivity index (χ1) is 7.18. The molecule has 0 aliphatic heterocycles. The van der Waals surface area contributed by atoms with Gasteiger partial charge in [-0.25, -0.2) is 4.98 Å². The maximum atomic E-state index is 11.2. The molecule has 0 fully saturated rings. The van der Waals surface area contributed by atoms with Crippen molar-refractivity contribution < 1.29 is 4.79 Å². The maximum absolute atomic E-state index is 11.2. The van der Waals surface area contributed by atoms with Gasteiger partial charge in [-0.3, -0.25) is 4.79 Å². The molecule has 0 aliphatic carbocycles. The number of nitrogens with zero attached hydrogens (tertiary/aromatic N) is 2. The van der Waals surface area contributed by atoms with Gasteiger partial charge in [-0.05, 0) is 20.5 Å². The predicted molar refractivity (Wildman–Crippen MR) is 58.5 cm³/mol. The van der Waals surface area contributed by atoms with E-state index < -0.39 is 0 Å². The van der Waals surface area contributed by atoms with Gasteiger partial charge in [0.1, 0.15) is 5.82 Å². The Balaban J connectivity index is 2.04. The summed E-state index contributed by atoms with van der Waals surface area (Å²) in [5.74, 6) is 1.04. The van der Waals surface area contributed by atoms with Gasteiger partial charge in [0.25, 0.3) is 0 Å². The summed E-state index contributed by atoms with van der Waals surface area (Å²) in [6, 6.07) is 0. The lowest BCUT2D eigenvalue weighted by molar-refractivity contribution is -0.121. The van der Waals surface area contributed by atoms with Crippen LogP contribution in [0.2, 0.25) is 0 Å². The third-order valence-corrected chi connectivity index (χ3v) is 1.93. The first-order valence-corrected chi connectivity index (χ1v) is 5.08. The Morgan fingerprint density at radius 2 is 2.40 bits per heavy atom. The molecule has 0 saturated carbocycles. The van der Waals surface area contributed by atoms with Crippen molar-refractivity contribution in [2.24, 2.45) is 0 Å². The molecule has 5 heteroatoms. The molecule has 1 aromatic rings. The van der Waals surface area contributed by atoms with Gasteiger partial charge in [-0.2, -0.15) is 0 Å². The highest BCUT2D eigenvalue weighted by molar-refractivity contribution is 5.77. The second-order valence-electron chi connectivity index (χ2n) is 3.73. The normalized spacial score (nSPS) is 10.6. The number of aryl methyl sites for hydroxylation is 1. The summed E-state index contributed by atoms with van der Waals surface area (Å²) in [6.45, 7) is 1.15. The summed E-state index contributed by atoms with van der Waals surface area (Å²) in [7, 11) is 3.75. The number of imidazole rings is 1. The quantitative estimate of drug-likeness (QED) is 0.651. The van der Waals surface area contributed by atoms with Crippen molar-refractivity contribution in [3.8, 4) is 0 Å². The van der Waals surface area contributed by atoms with E-state index in [0.29, 0.717) is 13.1 Å². The highest BCUT2D eigenvalue weighted by Crippen LogP contribution is 1.93. The highest BCUT2D eigenvalue weighted by Gasteiger charge is 2.01. The maximum Gasteiger partial charge on any atom is 0.234 e. The van der Waals surface area contributed by atoms with Crippen molar-refractivity contribution in [3.63, 3.8) is 0 Å². The second kappa shape index (κ2) is 6.19. The predicted octanol–water partition coefficient (Wildman–Crippen LogP) is 0.0201. The minimum absolute atomic E-state index is 0.0689. The third-order valence-electron chi connectivity index (χ3n) is 1.93. The van der Waals surface area contributed by atoms with Crippen LogP contribution in [0.25, 0.3) is 0 Å². The van der Waals surface area contributed by atoms with Crippen LogP contribution in [0.15, 0.2) is 12.4 Å². The molecule has 0 saturated heterocycles. The van der Waals surface area contributed by atoms with E-state index in [1.165, 1.54) is 0 Å². The Kier molecular flexibility index (Phi) is 4.83. The number of likely N-dealkylation sites (N-methyl/N-ethyl adjacent to an activating group) is 1. The number of nitrogens with one attached hydrogen (secondary N) is 2. The van der Waals surface area contributed by atoms with Crippen LogP contribution in [-0.2, 0) is 11.2 Å². The van der Waals surface area contributed by atoms with Crippen LogP contribution in [0.4, 0.5) is 0 Å². The lowest BCUT2D eigenvalue weighted by Gasteiger charge is -2.09. The first kappa shape index (κ1) is 11.7. The zero-order chi connectivity index (χ0) is 11.1. The fourth-order valence-electron chi connectivity index (χ4n) is 1.26. The highest BCUT2D eigenvalue weighted by atomic mass is 16.1. The molecule has 2 N–H and O–H groups in total. The summed E-state index contributed by atoms with van der Waals surface area (Å²) >= 11 is 0. The van der Waals surface area contributed by atoms with E-state index in [1.54, 1.807) is 12.4 Å². The minimum atomic E-state index is 0.0689. The van der Waals surface area contributed by atoms with Gasteiger partial charge in [0.2, 0.25) is 5.91 Å². The fourth-order valence-corrected chi connectivity index (χ4v) is 1.26. The van der Waals surface area contributed by atoms with Gasteiger partial charge >= 0.3 is 0 Å². The van der Waals surface area contributed by atoms with Crippen LogP contribution in [0, 0.1) is 0 Å². The van der Waals surface area contributed by atoms with E-state index in [1.807, 2.05) is 19.0 Å². The smallest absolute Gasteiger partial charge is 0.234 e. The minimum Gasteiger partial charge on any atom is -0.355 e. The average Bonchev–Trinajstić information content (AvgIpc) is 2.63. The van der Waals surface area contributed by atoms with Crippen LogP contribution in [-0.4, -0.2) is 48.0 Å². The van der Waals surface area contributed by atoms with Crippen LogP contribution < -0.4 is 5.32 Å². The molecule has 0 unspecified atom stereocenters. The molecule has 0 spiro atoms. The van der Waals surface area contributed by atoms with Crippen LogP contribution in [0.3, 0.4) is 0 Å². The van der Waals surface area contributed by atoms with E-state index >= 15 is 0 Å². The number of aromatic amines is 1. The monoisotopic (exact) mass is 210 g/mol. The standard InChI is InChI=1S/C10H18N4O/c1-14(2)8-10(15)13-5-3-4-9-11-6-7-12-9/h6-7H,3-5,8H2,1-2H3,(H,11,12)(H,13,15). The van der Waals surface area contributed by atoms with E-state index in [0.717, 1.165) is 18.7 Å². The van der Waals surface area contributed by atoms with Gasteiger partial charge in [0.05, 0.1) is 6.54 Å². The van der Waals surface area contributed by atoms with Gasteiger partial charge in [0, 0.05) is 25.4 Å². The first-order valence-electron chi connectivity index (χ1n) is 5.08. The summed E-state index contributed by atoms with van der Waals surface area (Å²) in [4.78, 5) is 20.2. The summed E-state index contributed by atoms with van der Waals surface area (Å²) in [5.41, 5.74) is 0. The Morgan fingerprint density at radius 3 is 3.00 bits per heavy atom. The van der Waals surface area contributed by atoms with E-state index in [-0.39, 0.29) is 5.91 Å². The number of hydrogen-bond acceptors (Lipinski definition) is 3. The van der Waals surface area contributed by atoms with Gasteiger partial charge in [-0.15, -0.1) is 0 Å². The molecule has 1 heterocycles. The van der Waals surface area contributed by atoms with Crippen LogP contribution in [0.1, 0.15) is 12.2 Å². The van der Waals surface area contributed by atoms with E-state index in [4.69, 9.17) is 0 Å². The molecule has 0 atom stereocenters. The SMILES string of the molecule is CN(C)CC(=O)NCCCc1ncc[nH]1. The molecular formula is C10H18N4O. The number of carbonyl (C=O) groups is 1. The Hall–Kier alpha value is -1.36.